The molecule has 2 heterocycles. The third-order valence-electron chi connectivity index (χ3n) is 3.22. The van der Waals surface area contributed by atoms with Gasteiger partial charge in [-0.05, 0) is 35.9 Å². The van der Waals surface area contributed by atoms with Gasteiger partial charge in [0.2, 0.25) is 5.88 Å². The summed E-state index contributed by atoms with van der Waals surface area (Å²) in [5, 5.41) is 9.40. The number of hydrogen-bond acceptors (Lipinski definition) is 4. The first-order valence-electron chi connectivity index (χ1n) is 6.52. The molecule has 0 saturated carbocycles. The van der Waals surface area contributed by atoms with Crippen molar-refractivity contribution in [1.29, 1.82) is 5.26 Å². The van der Waals surface area contributed by atoms with Crippen LogP contribution in [0, 0.1) is 17.1 Å². The number of ether oxygens (including phenoxy) is 1. The zero-order valence-electron chi connectivity index (χ0n) is 11.7. The largest absolute Gasteiger partial charge is 0.480 e. The maximum absolute atomic E-state index is 13.1. The second kappa shape index (κ2) is 5.70. The summed E-state index contributed by atoms with van der Waals surface area (Å²) in [6.45, 7) is 0. The first kappa shape index (κ1) is 13.8. The van der Waals surface area contributed by atoms with Gasteiger partial charge in [-0.3, -0.25) is 0 Å². The van der Waals surface area contributed by atoms with Crippen LogP contribution in [0.15, 0.2) is 53.1 Å². The van der Waals surface area contributed by atoms with Gasteiger partial charge >= 0.3 is 0 Å². The van der Waals surface area contributed by atoms with Crippen molar-refractivity contribution in [2.75, 3.05) is 7.11 Å². The quantitative estimate of drug-likeness (QED) is 0.731. The van der Waals surface area contributed by atoms with Crippen LogP contribution in [0.25, 0.3) is 22.6 Å². The van der Waals surface area contributed by atoms with Gasteiger partial charge in [0.1, 0.15) is 23.1 Å². The lowest BCUT2D eigenvalue weighted by molar-refractivity contribution is 0.397. The molecule has 0 aliphatic carbocycles. The van der Waals surface area contributed by atoms with Crippen molar-refractivity contribution in [3.63, 3.8) is 0 Å². The molecule has 0 atom stereocenters. The van der Waals surface area contributed by atoms with Crippen LogP contribution in [0.4, 0.5) is 4.39 Å². The maximum atomic E-state index is 13.1. The highest BCUT2D eigenvalue weighted by Gasteiger charge is 2.16. The van der Waals surface area contributed by atoms with Gasteiger partial charge in [0.05, 0.1) is 13.4 Å². The van der Waals surface area contributed by atoms with Crippen molar-refractivity contribution in [2.24, 2.45) is 0 Å². The minimum absolute atomic E-state index is 0.204. The average molecular weight is 294 g/mol. The SMILES string of the molecule is COc1nc(-c2ccco2)cc(-c2ccc(F)cc2)c1C#N. The molecule has 0 spiro atoms. The van der Waals surface area contributed by atoms with Crippen LogP contribution in [0.5, 0.6) is 5.88 Å². The topological polar surface area (TPSA) is 59.1 Å². The summed E-state index contributed by atoms with van der Waals surface area (Å²) in [7, 11) is 1.45. The van der Waals surface area contributed by atoms with Gasteiger partial charge in [-0.1, -0.05) is 12.1 Å². The number of hydrogen-bond donors (Lipinski definition) is 0. The Morgan fingerprint density at radius 2 is 2.00 bits per heavy atom. The summed E-state index contributed by atoms with van der Waals surface area (Å²) in [5.41, 5.74) is 2.15. The molecule has 0 bridgehead atoms. The average Bonchev–Trinajstić information content (AvgIpc) is 3.08. The molecule has 3 rings (SSSR count). The van der Waals surface area contributed by atoms with Crippen molar-refractivity contribution in [3.05, 3.63) is 60.1 Å². The molecule has 0 fully saturated rings. The molecule has 0 aliphatic rings. The van der Waals surface area contributed by atoms with Gasteiger partial charge in [0, 0.05) is 5.56 Å². The third kappa shape index (κ3) is 2.42. The lowest BCUT2D eigenvalue weighted by Gasteiger charge is -2.10. The molecule has 2 aromatic heterocycles. The molecule has 0 aliphatic heterocycles. The van der Waals surface area contributed by atoms with E-state index in [2.05, 4.69) is 11.1 Å². The predicted octanol–water partition coefficient (Wildman–Crippen LogP) is 4.03. The van der Waals surface area contributed by atoms with Crippen molar-refractivity contribution >= 4 is 0 Å². The van der Waals surface area contributed by atoms with Crippen LogP contribution in [0.2, 0.25) is 0 Å². The molecular formula is C17H11FN2O2. The van der Waals surface area contributed by atoms with Gasteiger partial charge < -0.3 is 9.15 Å². The van der Waals surface area contributed by atoms with Crippen LogP contribution >= 0.6 is 0 Å². The zero-order chi connectivity index (χ0) is 15.5. The van der Waals surface area contributed by atoms with Crippen LogP contribution in [-0.2, 0) is 0 Å². The zero-order valence-corrected chi connectivity index (χ0v) is 11.7. The first-order chi connectivity index (χ1) is 10.7. The summed E-state index contributed by atoms with van der Waals surface area (Å²) in [6, 6.07) is 13.2. The summed E-state index contributed by atoms with van der Waals surface area (Å²) in [6.07, 6.45) is 1.54. The van der Waals surface area contributed by atoms with E-state index < -0.39 is 0 Å². The van der Waals surface area contributed by atoms with E-state index in [-0.39, 0.29) is 11.7 Å². The lowest BCUT2D eigenvalue weighted by atomic mass is 10.00. The molecule has 4 nitrogen and oxygen atoms in total. The third-order valence-corrected chi connectivity index (χ3v) is 3.22. The van der Waals surface area contributed by atoms with Crippen molar-refractivity contribution < 1.29 is 13.5 Å². The predicted molar refractivity (Wildman–Crippen MR) is 78.6 cm³/mol. The smallest absolute Gasteiger partial charge is 0.232 e. The van der Waals surface area contributed by atoms with E-state index in [0.717, 1.165) is 0 Å². The Morgan fingerprint density at radius 1 is 1.23 bits per heavy atom. The van der Waals surface area contributed by atoms with Crippen molar-refractivity contribution in [1.82, 2.24) is 4.98 Å². The van der Waals surface area contributed by atoms with Crippen LogP contribution in [0.1, 0.15) is 5.56 Å². The number of rotatable bonds is 3. The molecule has 1 aromatic carbocycles. The maximum Gasteiger partial charge on any atom is 0.232 e. The van der Waals surface area contributed by atoms with Crippen LogP contribution in [-0.4, -0.2) is 12.1 Å². The van der Waals surface area contributed by atoms with E-state index in [4.69, 9.17) is 9.15 Å². The number of pyridine rings is 1. The molecule has 5 heteroatoms. The lowest BCUT2D eigenvalue weighted by Crippen LogP contribution is -1.97. The number of nitriles is 1. The molecule has 0 unspecified atom stereocenters. The van der Waals surface area contributed by atoms with Gasteiger partial charge in [-0.15, -0.1) is 0 Å². The Bertz CT molecular complexity index is 834. The van der Waals surface area contributed by atoms with Crippen molar-refractivity contribution in [3.8, 4) is 34.5 Å². The monoisotopic (exact) mass is 294 g/mol. The molecule has 22 heavy (non-hydrogen) atoms. The van der Waals surface area contributed by atoms with Gasteiger partial charge in [-0.2, -0.15) is 5.26 Å². The second-order valence-corrected chi connectivity index (χ2v) is 4.54. The number of methoxy groups -OCH3 is 1. The van der Waals surface area contributed by atoms with E-state index in [9.17, 15) is 9.65 Å². The Labute approximate surface area is 126 Å². The second-order valence-electron chi connectivity index (χ2n) is 4.54. The van der Waals surface area contributed by atoms with Gasteiger partial charge in [0.15, 0.2) is 5.76 Å². The highest BCUT2D eigenvalue weighted by atomic mass is 19.1. The van der Waals surface area contributed by atoms with E-state index in [1.54, 1.807) is 36.6 Å². The number of halogens is 1. The number of aromatic nitrogens is 1. The Hall–Kier alpha value is -3.13. The van der Waals surface area contributed by atoms with Gasteiger partial charge in [-0.25, -0.2) is 9.37 Å². The normalized spacial score (nSPS) is 10.2. The molecule has 0 radical (unpaired) electrons. The minimum Gasteiger partial charge on any atom is -0.480 e. The van der Waals surface area contributed by atoms with Crippen molar-refractivity contribution in [2.45, 2.75) is 0 Å². The first-order valence-corrected chi connectivity index (χ1v) is 6.52. The van der Waals surface area contributed by atoms with E-state index in [1.807, 2.05) is 0 Å². The van der Waals surface area contributed by atoms with Crippen LogP contribution < -0.4 is 4.74 Å². The summed E-state index contributed by atoms with van der Waals surface area (Å²) in [5.74, 6) is 0.427. The fourth-order valence-corrected chi connectivity index (χ4v) is 2.19. The van der Waals surface area contributed by atoms with Gasteiger partial charge in [0.25, 0.3) is 0 Å². The number of furan rings is 1. The van der Waals surface area contributed by atoms with E-state index in [1.165, 1.54) is 19.2 Å². The fraction of sp³-hybridized carbons (Fsp3) is 0.0588. The molecular weight excluding hydrogens is 283 g/mol. The Balaban J connectivity index is 2.25. The highest BCUT2D eigenvalue weighted by Crippen LogP contribution is 2.33. The highest BCUT2D eigenvalue weighted by molar-refractivity contribution is 5.76. The number of nitrogens with zero attached hydrogens (tertiary/aromatic N) is 2. The Morgan fingerprint density at radius 3 is 2.59 bits per heavy atom. The molecule has 108 valence electrons. The molecule has 0 amide bonds. The summed E-state index contributed by atoms with van der Waals surface area (Å²) >= 11 is 0. The minimum atomic E-state index is -0.338. The summed E-state index contributed by atoms with van der Waals surface area (Å²) in [4.78, 5) is 4.30. The standard InChI is InChI=1S/C17H11FN2O2/c1-21-17-14(10-19)13(11-4-6-12(18)7-5-11)9-15(20-17)16-3-2-8-22-16/h2-9H,1H3. The fourth-order valence-electron chi connectivity index (χ4n) is 2.19. The molecule has 0 N–H and O–H groups in total. The van der Waals surface area contributed by atoms with E-state index >= 15 is 0 Å². The molecule has 0 saturated heterocycles. The Kier molecular flexibility index (Phi) is 3.58. The number of benzene rings is 1. The summed E-state index contributed by atoms with van der Waals surface area (Å²) < 4.78 is 23.7. The van der Waals surface area contributed by atoms with E-state index in [0.29, 0.717) is 28.1 Å². The molecule has 3 aromatic rings. The van der Waals surface area contributed by atoms with Crippen LogP contribution in [0.3, 0.4) is 0 Å².